The Balaban J connectivity index is 4.23. The van der Waals surface area contributed by atoms with E-state index in [0.29, 0.717) is 0 Å². The predicted octanol–water partition coefficient (Wildman–Crippen LogP) is 3.04. The molecule has 0 rings (SSSR count). The van der Waals surface area contributed by atoms with Gasteiger partial charge in [0.25, 0.3) is 0 Å². The Kier molecular flexibility index (Phi) is 5.79. The molecule has 0 aromatic rings. The summed E-state index contributed by atoms with van der Waals surface area (Å²) < 4.78 is 0. The van der Waals surface area contributed by atoms with Crippen molar-refractivity contribution in [2.24, 2.45) is 0 Å². The van der Waals surface area contributed by atoms with Gasteiger partial charge in [0.05, 0.1) is 0 Å². The standard InChI is InChI=1S/C8H15Cl2N/c1-4-7(8(9)10)11(5-2)6-3/h4,8H,5-6H2,1-3H3/b7-4+. The summed E-state index contributed by atoms with van der Waals surface area (Å²) in [5.74, 6) is 0. The van der Waals surface area contributed by atoms with Gasteiger partial charge >= 0.3 is 0 Å². The molecule has 0 radical (unpaired) electrons. The van der Waals surface area contributed by atoms with Crippen molar-refractivity contribution in [2.75, 3.05) is 13.1 Å². The molecule has 0 bridgehead atoms. The molecule has 0 saturated heterocycles. The maximum atomic E-state index is 5.75. The lowest BCUT2D eigenvalue weighted by Crippen LogP contribution is -2.25. The van der Waals surface area contributed by atoms with E-state index < -0.39 is 4.84 Å². The van der Waals surface area contributed by atoms with Crippen LogP contribution in [0.5, 0.6) is 0 Å². The topological polar surface area (TPSA) is 3.24 Å². The van der Waals surface area contributed by atoms with Gasteiger partial charge in [-0.05, 0) is 20.8 Å². The van der Waals surface area contributed by atoms with E-state index in [9.17, 15) is 0 Å². The van der Waals surface area contributed by atoms with E-state index in [1.807, 2.05) is 13.0 Å². The van der Waals surface area contributed by atoms with Gasteiger partial charge in [-0.15, -0.1) is 0 Å². The van der Waals surface area contributed by atoms with Crippen molar-refractivity contribution in [2.45, 2.75) is 25.6 Å². The summed E-state index contributed by atoms with van der Waals surface area (Å²) in [5.41, 5.74) is 0.998. The smallest absolute Gasteiger partial charge is 0.146 e. The Bertz CT molecular complexity index is 128. The van der Waals surface area contributed by atoms with E-state index in [1.165, 1.54) is 0 Å². The Hall–Kier alpha value is 0.120. The SMILES string of the molecule is C/C=C(\C(Cl)Cl)N(CC)CC. The number of halogens is 2. The lowest BCUT2D eigenvalue weighted by molar-refractivity contribution is 0.380. The minimum absolute atomic E-state index is 0.403. The summed E-state index contributed by atoms with van der Waals surface area (Å²) in [7, 11) is 0. The van der Waals surface area contributed by atoms with Gasteiger partial charge in [-0.3, -0.25) is 0 Å². The zero-order valence-electron chi connectivity index (χ0n) is 7.27. The van der Waals surface area contributed by atoms with E-state index >= 15 is 0 Å². The summed E-state index contributed by atoms with van der Waals surface area (Å²) >= 11 is 11.5. The Labute approximate surface area is 79.0 Å². The number of hydrogen-bond acceptors (Lipinski definition) is 1. The molecule has 1 nitrogen and oxygen atoms in total. The largest absolute Gasteiger partial charge is 0.373 e. The highest BCUT2D eigenvalue weighted by molar-refractivity contribution is 6.46. The van der Waals surface area contributed by atoms with Gasteiger partial charge in [0.2, 0.25) is 0 Å². The number of alkyl halides is 2. The van der Waals surface area contributed by atoms with Crippen LogP contribution < -0.4 is 0 Å². The molecule has 0 aliphatic rings. The third-order valence-corrected chi connectivity index (χ3v) is 2.10. The van der Waals surface area contributed by atoms with Crippen molar-refractivity contribution in [1.29, 1.82) is 0 Å². The molecule has 0 spiro atoms. The van der Waals surface area contributed by atoms with E-state index in [-0.39, 0.29) is 0 Å². The fourth-order valence-corrected chi connectivity index (χ4v) is 1.56. The highest BCUT2D eigenvalue weighted by atomic mass is 35.5. The summed E-state index contributed by atoms with van der Waals surface area (Å²) in [6, 6.07) is 0. The van der Waals surface area contributed by atoms with Crippen LogP contribution >= 0.6 is 23.2 Å². The lowest BCUT2D eigenvalue weighted by atomic mass is 10.3. The third kappa shape index (κ3) is 3.35. The molecule has 0 heterocycles. The molecule has 0 aromatic heterocycles. The monoisotopic (exact) mass is 195 g/mol. The second-order valence-electron chi connectivity index (χ2n) is 2.19. The zero-order valence-corrected chi connectivity index (χ0v) is 8.78. The molecule has 0 aromatic carbocycles. The van der Waals surface area contributed by atoms with E-state index in [1.54, 1.807) is 0 Å². The van der Waals surface area contributed by atoms with Gasteiger partial charge in [0, 0.05) is 18.8 Å². The van der Waals surface area contributed by atoms with Crippen LogP contribution in [0.3, 0.4) is 0 Å². The fourth-order valence-electron chi connectivity index (χ4n) is 1.04. The molecule has 0 aliphatic heterocycles. The molecule has 3 heteroatoms. The second kappa shape index (κ2) is 5.73. The molecular formula is C8H15Cl2N. The van der Waals surface area contributed by atoms with E-state index in [0.717, 1.165) is 18.8 Å². The van der Waals surface area contributed by atoms with Crippen LogP contribution in [0.4, 0.5) is 0 Å². The van der Waals surface area contributed by atoms with Gasteiger partial charge in [-0.2, -0.15) is 0 Å². The minimum atomic E-state index is -0.403. The van der Waals surface area contributed by atoms with E-state index in [2.05, 4.69) is 18.7 Å². The van der Waals surface area contributed by atoms with Crippen molar-refractivity contribution >= 4 is 23.2 Å². The summed E-state index contributed by atoms with van der Waals surface area (Å²) in [6.45, 7) is 8.02. The average Bonchev–Trinajstić information content (AvgIpc) is 1.99. The van der Waals surface area contributed by atoms with Crippen LogP contribution in [-0.2, 0) is 0 Å². The van der Waals surface area contributed by atoms with Crippen molar-refractivity contribution in [3.05, 3.63) is 11.8 Å². The normalized spacial score (nSPS) is 12.4. The predicted molar refractivity (Wildman–Crippen MR) is 52.2 cm³/mol. The molecular weight excluding hydrogens is 181 g/mol. The number of rotatable bonds is 4. The molecule has 0 aliphatic carbocycles. The fraction of sp³-hybridized carbons (Fsp3) is 0.750. The van der Waals surface area contributed by atoms with Crippen LogP contribution in [0.2, 0.25) is 0 Å². The van der Waals surface area contributed by atoms with Gasteiger partial charge < -0.3 is 4.90 Å². The average molecular weight is 196 g/mol. The first kappa shape index (κ1) is 11.1. The van der Waals surface area contributed by atoms with Crippen LogP contribution in [-0.4, -0.2) is 22.8 Å². The van der Waals surface area contributed by atoms with Gasteiger partial charge in [0.1, 0.15) is 4.84 Å². The van der Waals surface area contributed by atoms with Crippen molar-refractivity contribution in [3.63, 3.8) is 0 Å². The van der Waals surface area contributed by atoms with E-state index in [4.69, 9.17) is 23.2 Å². The van der Waals surface area contributed by atoms with Gasteiger partial charge in [-0.1, -0.05) is 29.3 Å². The summed E-state index contributed by atoms with van der Waals surface area (Å²) in [4.78, 5) is 1.74. The quantitative estimate of drug-likeness (QED) is 0.624. The molecule has 66 valence electrons. The molecule has 0 saturated carbocycles. The van der Waals surface area contributed by atoms with Crippen molar-refractivity contribution < 1.29 is 0 Å². The maximum Gasteiger partial charge on any atom is 0.146 e. The highest BCUT2D eigenvalue weighted by Crippen LogP contribution is 2.17. The summed E-state index contributed by atoms with van der Waals surface area (Å²) in [5, 5.41) is 0. The van der Waals surface area contributed by atoms with Crippen LogP contribution in [0.1, 0.15) is 20.8 Å². The number of hydrogen-bond donors (Lipinski definition) is 0. The van der Waals surface area contributed by atoms with Crippen LogP contribution in [0, 0.1) is 0 Å². The maximum absolute atomic E-state index is 5.75. The third-order valence-electron chi connectivity index (χ3n) is 1.65. The number of allylic oxidation sites excluding steroid dienone is 2. The van der Waals surface area contributed by atoms with Crippen LogP contribution in [0.25, 0.3) is 0 Å². The van der Waals surface area contributed by atoms with Gasteiger partial charge in [-0.25, -0.2) is 0 Å². The minimum Gasteiger partial charge on any atom is -0.373 e. The molecule has 0 fully saturated rings. The van der Waals surface area contributed by atoms with Crippen LogP contribution in [0.15, 0.2) is 11.8 Å². The molecule has 0 amide bonds. The summed E-state index contributed by atoms with van der Waals surface area (Å²) in [6.07, 6.45) is 1.96. The first-order valence-electron chi connectivity index (χ1n) is 3.86. The second-order valence-corrected chi connectivity index (χ2v) is 3.28. The molecule has 0 atom stereocenters. The lowest BCUT2D eigenvalue weighted by Gasteiger charge is -2.24. The van der Waals surface area contributed by atoms with Crippen molar-refractivity contribution in [3.8, 4) is 0 Å². The zero-order chi connectivity index (χ0) is 8.85. The molecule has 0 N–H and O–H groups in total. The Morgan fingerprint density at radius 3 is 1.91 bits per heavy atom. The number of nitrogens with zero attached hydrogens (tertiary/aromatic N) is 1. The first-order valence-corrected chi connectivity index (χ1v) is 4.73. The Morgan fingerprint density at radius 1 is 1.36 bits per heavy atom. The van der Waals surface area contributed by atoms with Crippen molar-refractivity contribution in [1.82, 2.24) is 4.90 Å². The molecule has 0 unspecified atom stereocenters. The highest BCUT2D eigenvalue weighted by Gasteiger charge is 2.11. The Morgan fingerprint density at radius 2 is 1.82 bits per heavy atom. The first-order chi connectivity index (χ1) is 5.17. The van der Waals surface area contributed by atoms with Gasteiger partial charge in [0.15, 0.2) is 0 Å². The molecule has 11 heavy (non-hydrogen) atoms.